The predicted molar refractivity (Wildman–Crippen MR) is 80.9 cm³/mol. The number of fused-ring (bicyclic) bond motifs is 1. The van der Waals surface area contributed by atoms with Gasteiger partial charge in [-0.3, -0.25) is 9.97 Å². The van der Waals surface area contributed by atoms with Crippen molar-refractivity contribution in [3.8, 4) is 0 Å². The summed E-state index contributed by atoms with van der Waals surface area (Å²) in [6.07, 6.45) is 8.20. The molecule has 108 valence electrons. The van der Waals surface area contributed by atoms with Gasteiger partial charge in [0.2, 0.25) is 5.89 Å². The molecular weight excluding hydrogens is 278 g/mol. The van der Waals surface area contributed by atoms with E-state index < -0.39 is 0 Å². The second-order valence-corrected chi connectivity index (χ2v) is 4.95. The first-order valence-corrected chi connectivity index (χ1v) is 7.01. The van der Waals surface area contributed by atoms with E-state index in [0.717, 1.165) is 28.8 Å². The molecule has 1 N–H and O–H groups in total. The number of anilines is 1. The summed E-state index contributed by atoms with van der Waals surface area (Å²) >= 11 is 0. The molecule has 0 atom stereocenters. The Morgan fingerprint density at radius 1 is 1.14 bits per heavy atom. The summed E-state index contributed by atoms with van der Waals surface area (Å²) in [5.41, 5.74) is 4.10. The van der Waals surface area contributed by atoms with Crippen LogP contribution in [0.1, 0.15) is 22.7 Å². The molecule has 1 aliphatic rings. The van der Waals surface area contributed by atoms with Crippen molar-refractivity contribution >= 4 is 11.6 Å². The molecule has 1 aliphatic carbocycles. The minimum Gasteiger partial charge on any atom is -0.403 e. The van der Waals surface area contributed by atoms with Crippen molar-refractivity contribution in [2.24, 2.45) is 0 Å². The van der Waals surface area contributed by atoms with E-state index in [4.69, 9.17) is 4.42 Å². The van der Waals surface area contributed by atoms with Gasteiger partial charge in [-0.25, -0.2) is 0 Å². The largest absolute Gasteiger partial charge is 0.403 e. The first-order chi connectivity index (χ1) is 10.9. The molecule has 0 aromatic carbocycles. The molecule has 0 fully saturated rings. The van der Waals surface area contributed by atoms with E-state index in [1.54, 1.807) is 18.6 Å². The number of hydrogen-bond donors (Lipinski definition) is 1. The second kappa shape index (κ2) is 5.40. The number of nitrogens with zero attached hydrogens (tertiary/aromatic N) is 4. The molecule has 0 amide bonds. The van der Waals surface area contributed by atoms with E-state index in [0.29, 0.717) is 18.5 Å². The summed E-state index contributed by atoms with van der Waals surface area (Å²) < 4.78 is 5.70. The maximum absolute atomic E-state index is 5.70. The Morgan fingerprint density at radius 2 is 2.09 bits per heavy atom. The van der Waals surface area contributed by atoms with Crippen LogP contribution in [0.4, 0.5) is 6.01 Å². The summed E-state index contributed by atoms with van der Waals surface area (Å²) in [5.74, 6) is 0.514. The average molecular weight is 291 g/mol. The van der Waals surface area contributed by atoms with Gasteiger partial charge < -0.3 is 9.73 Å². The van der Waals surface area contributed by atoms with Crippen LogP contribution in [0.15, 0.2) is 53.3 Å². The molecule has 6 heteroatoms. The molecule has 0 unspecified atom stereocenters. The number of nitrogens with one attached hydrogen (secondary N) is 1. The van der Waals surface area contributed by atoms with Crippen LogP contribution in [0.5, 0.6) is 0 Å². The molecule has 6 nitrogen and oxygen atoms in total. The van der Waals surface area contributed by atoms with Crippen molar-refractivity contribution in [2.75, 3.05) is 5.32 Å². The lowest BCUT2D eigenvalue weighted by Gasteiger charge is -2.01. The number of pyridine rings is 2. The third-order valence-electron chi connectivity index (χ3n) is 3.50. The molecule has 0 saturated carbocycles. The number of aromatic nitrogens is 4. The molecule has 3 heterocycles. The van der Waals surface area contributed by atoms with Crippen LogP contribution in [0.3, 0.4) is 0 Å². The normalized spacial score (nSPS) is 12.8. The number of allylic oxidation sites excluding steroid dienone is 1. The van der Waals surface area contributed by atoms with Gasteiger partial charge in [-0.05, 0) is 17.7 Å². The molecule has 3 aromatic rings. The van der Waals surface area contributed by atoms with E-state index in [2.05, 4.69) is 31.6 Å². The zero-order chi connectivity index (χ0) is 14.8. The van der Waals surface area contributed by atoms with Crippen LogP contribution in [0.2, 0.25) is 0 Å². The Kier molecular flexibility index (Phi) is 3.12. The van der Waals surface area contributed by atoms with Crippen LogP contribution in [-0.2, 0) is 13.0 Å². The Morgan fingerprint density at radius 3 is 3.00 bits per heavy atom. The SMILES string of the molecule is C1=C(c2nnc(NCc3cccnc3)o2)c2cccnc2C1. The van der Waals surface area contributed by atoms with Crippen molar-refractivity contribution in [1.82, 2.24) is 20.2 Å². The van der Waals surface area contributed by atoms with Crippen molar-refractivity contribution < 1.29 is 4.42 Å². The van der Waals surface area contributed by atoms with Gasteiger partial charge in [0.05, 0.1) is 5.69 Å². The van der Waals surface area contributed by atoms with E-state index in [1.807, 2.05) is 24.3 Å². The Bertz CT molecular complexity index is 825. The zero-order valence-corrected chi connectivity index (χ0v) is 11.7. The molecular formula is C16H13N5O. The van der Waals surface area contributed by atoms with Gasteiger partial charge in [-0.1, -0.05) is 23.3 Å². The fraction of sp³-hybridized carbons (Fsp3) is 0.125. The summed E-state index contributed by atoms with van der Waals surface area (Å²) in [5, 5.41) is 11.3. The summed E-state index contributed by atoms with van der Waals surface area (Å²) in [4.78, 5) is 8.42. The lowest BCUT2D eigenvalue weighted by molar-refractivity contribution is 0.551. The summed E-state index contributed by atoms with van der Waals surface area (Å²) in [6, 6.07) is 8.21. The summed E-state index contributed by atoms with van der Waals surface area (Å²) in [7, 11) is 0. The molecule has 0 aliphatic heterocycles. The summed E-state index contributed by atoms with van der Waals surface area (Å²) in [6.45, 7) is 0.590. The molecule has 0 spiro atoms. The fourth-order valence-corrected chi connectivity index (χ4v) is 2.44. The van der Waals surface area contributed by atoms with Crippen molar-refractivity contribution in [3.05, 3.63) is 71.6 Å². The van der Waals surface area contributed by atoms with Crippen LogP contribution in [-0.4, -0.2) is 20.2 Å². The third kappa shape index (κ3) is 2.35. The van der Waals surface area contributed by atoms with Crippen molar-refractivity contribution in [3.63, 3.8) is 0 Å². The predicted octanol–water partition coefficient (Wildman–Crippen LogP) is 2.46. The first kappa shape index (κ1) is 12.7. The first-order valence-electron chi connectivity index (χ1n) is 7.01. The smallest absolute Gasteiger partial charge is 0.316 e. The fourth-order valence-electron chi connectivity index (χ4n) is 2.44. The Hall–Kier alpha value is -3.02. The van der Waals surface area contributed by atoms with Gasteiger partial charge in [-0.2, -0.15) is 0 Å². The zero-order valence-electron chi connectivity index (χ0n) is 11.7. The monoisotopic (exact) mass is 291 g/mol. The standard InChI is InChI=1S/C16H13N5O/c1-3-11(9-17-7-1)10-19-16-21-20-15(22-16)13-5-6-14-12(13)4-2-8-18-14/h1-5,7-9H,6,10H2,(H,19,21). The van der Waals surface area contributed by atoms with E-state index in [9.17, 15) is 0 Å². The van der Waals surface area contributed by atoms with Gasteiger partial charge in [0.15, 0.2) is 0 Å². The molecule has 3 aromatic heterocycles. The van der Waals surface area contributed by atoms with Gasteiger partial charge >= 0.3 is 6.01 Å². The highest BCUT2D eigenvalue weighted by atomic mass is 16.4. The molecule has 0 bridgehead atoms. The van der Waals surface area contributed by atoms with E-state index in [-0.39, 0.29) is 0 Å². The van der Waals surface area contributed by atoms with Crippen LogP contribution < -0.4 is 5.32 Å². The van der Waals surface area contributed by atoms with E-state index >= 15 is 0 Å². The quantitative estimate of drug-likeness (QED) is 0.795. The Balaban J connectivity index is 1.51. The van der Waals surface area contributed by atoms with E-state index in [1.165, 1.54) is 0 Å². The highest BCUT2D eigenvalue weighted by molar-refractivity contribution is 5.80. The van der Waals surface area contributed by atoms with Gasteiger partial charge in [0, 0.05) is 42.7 Å². The van der Waals surface area contributed by atoms with Crippen molar-refractivity contribution in [1.29, 1.82) is 0 Å². The highest BCUT2D eigenvalue weighted by Gasteiger charge is 2.20. The van der Waals surface area contributed by atoms with Crippen LogP contribution in [0.25, 0.3) is 5.57 Å². The maximum Gasteiger partial charge on any atom is 0.316 e. The Labute approximate surface area is 127 Å². The lowest BCUT2D eigenvalue weighted by atomic mass is 10.1. The maximum atomic E-state index is 5.70. The average Bonchev–Trinajstić information content (AvgIpc) is 3.20. The minimum atomic E-state index is 0.400. The number of rotatable bonds is 4. The second-order valence-electron chi connectivity index (χ2n) is 4.95. The van der Waals surface area contributed by atoms with Crippen LogP contribution in [0, 0.1) is 0 Å². The van der Waals surface area contributed by atoms with Gasteiger partial charge in [0.1, 0.15) is 0 Å². The van der Waals surface area contributed by atoms with Crippen LogP contribution >= 0.6 is 0 Å². The van der Waals surface area contributed by atoms with Gasteiger partial charge in [0.25, 0.3) is 0 Å². The third-order valence-corrected chi connectivity index (χ3v) is 3.50. The molecule has 0 radical (unpaired) electrons. The minimum absolute atomic E-state index is 0.400. The number of hydrogen-bond acceptors (Lipinski definition) is 6. The van der Waals surface area contributed by atoms with Crippen molar-refractivity contribution in [2.45, 2.75) is 13.0 Å². The lowest BCUT2D eigenvalue weighted by Crippen LogP contribution is -1.99. The van der Waals surface area contributed by atoms with Gasteiger partial charge in [-0.15, -0.1) is 5.10 Å². The highest BCUT2D eigenvalue weighted by Crippen LogP contribution is 2.31. The topological polar surface area (TPSA) is 76.7 Å². The molecule has 4 rings (SSSR count). The molecule has 0 saturated heterocycles. The molecule has 22 heavy (non-hydrogen) atoms.